The Morgan fingerprint density at radius 2 is 2.03 bits per heavy atom. The topological polar surface area (TPSA) is 122 Å². The third kappa shape index (κ3) is 5.14. The van der Waals surface area contributed by atoms with Crippen molar-refractivity contribution in [3.05, 3.63) is 56.7 Å². The lowest BCUT2D eigenvalue weighted by Gasteiger charge is -2.26. The van der Waals surface area contributed by atoms with Crippen LogP contribution in [0.2, 0.25) is 0 Å². The minimum atomic E-state index is -0.665. The van der Waals surface area contributed by atoms with Gasteiger partial charge in [-0.15, -0.1) is 0 Å². The Morgan fingerprint density at radius 1 is 1.33 bits per heavy atom. The minimum absolute atomic E-state index is 0.0203. The first-order valence-electron chi connectivity index (χ1n) is 9.70. The predicted octanol–water partition coefficient (Wildman–Crippen LogP) is 0.821. The molecule has 1 saturated carbocycles. The van der Waals surface area contributed by atoms with Crippen LogP contribution >= 0.6 is 12.2 Å². The maximum Gasteiger partial charge on any atom is 0.330 e. The Balaban J connectivity index is 1.97. The summed E-state index contributed by atoms with van der Waals surface area (Å²) >= 11 is 5.41. The molecular weight excluding hydrogens is 406 g/mol. The molecule has 1 fully saturated rings. The van der Waals surface area contributed by atoms with Crippen LogP contribution < -0.4 is 27.2 Å². The molecule has 1 amide bonds. The van der Waals surface area contributed by atoms with Crippen molar-refractivity contribution in [1.82, 2.24) is 14.9 Å². The number of methoxy groups -OCH3 is 1. The number of nitrogens with one attached hydrogen (secondary N) is 2. The predicted molar refractivity (Wildman–Crippen MR) is 119 cm³/mol. The molecule has 0 aliphatic heterocycles. The van der Waals surface area contributed by atoms with Gasteiger partial charge in [-0.3, -0.25) is 19.1 Å². The zero-order valence-corrected chi connectivity index (χ0v) is 17.5. The fourth-order valence-electron chi connectivity index (χ4n) is 3.06. The molecule has 4 N–H and O–H groups in total. The van der Waals surface area contributed by atoms with E-state index >= 15 is 0 Å². The van der Waals surface area contributed by atoms with Crippen molar-refractivity contribution >= 4 is 34.7 Å². The Kier molecular flexibility index (Phi) is 7.01. The monoisotopic (exact) mass is 431 g/mol. The smallest absolute Gasteiger partial charge is 0.330 e. The van der Waals surface area contributed by atoms with Gasteiger partial charge in [0.25, 0.3) is 5.56 Å². The number of nitrogens with two attached hydrogens (primary N) is 1. The van der Waals surface area contributed by atoms with Gasteiger partial charge < -0.3 is 20.7 Å². The summed E-state index contributed by atoms with van der Waals surface area (Å²) in [6.07, 6.45) is 2.18. The van der Waals surface area contributed by atoms with Crippen molar-refractivity contribution in [2.45, 2.75) is 25.8 Å². The number of carbonyl (C=O) groups is 1. The molecule has 1 heterocycles. The number of aromatic amines is 1. The summed E-state index contributed by atoms with van der Waals surface area (Å²) in [5.41, 5.74) is 5.87. The van der Waals surface area contributed by atoms with Crippen LogP contribution in [0.3, 0.4) is 0 Å². The van der Waals surface area contributed by atoms with Crippen LogP contribution in [-0.2, 0) is 16.1 Å². The maximum absolute atomic E-state index is 12.7. The first-order chi connectivity index (χ1) is 14.4. The summed E-state index contributed by atoms with van der Waals surface area (Å²) in [5.74, 6) is -0.246. The summed E-state index contributed by atoms with van der Waals surface area (Å²) < 4.78 is 6.37. The molecule has 10 heteroatoms. The number of nitrogens with zero attached hydrogens (tertiary/aromatic N) is 2. The molecule has 0 bridgehead atoms. The third-order valence-corrected chi connectivity index (χ3v) is 5.14. The van der Waals surface area contributed by atoms with Crippen LogP contribution in [0.1, 0.15) is 24.8 Å². The van der Waals surface area contributed by atoms with Gasteiger partial charge in [-0.25, -0.2) is 4.79 Å². The largest absolute Gasteiger partial charge is 0.385 e. The summed E-state index contributed by atoms with van der Waals surface area (Å²) in [7, 11) is 1.57. The van der Waals surface area contributed by atoms with E-state index in [0.717, 1.165) is 18.4 Å². The lowest BCUT2D eigenvalue weighted by atomic mass is 10.2. The van der Waals surface area contributed by atoms with Crippen molar-refractivity contribution < 1.29 is 9.53 Å². The molecule has 1 aliphatic rings. The van der Waals surface area contributed by atoms with E-state index in [-0.39, 0.29) is 41.5 Å². The van der Waals surface area contributed by atoms with E-state index in [9.17, 15) is 14.4 Å². The highest BCUT2D eigenvalue weighted by Crippen LogP contribution is 2.29. The number of H-pyrrole nitrogens is 1. The zero-order valence-electron chi connectivity index (χ0n) is 16.7. The van der Waals surface area contributed by atoms with E-state index in [4.69, 9.17) is 22.7 Å². The van der Waals surface area contributed by atoms with Gasteiger partial charge >= 0.3 is 5.69 Å². The van der Waals surface area contributed by atoms with Crippen molar-refractivity contribution in [3.8, 4) is 0 Å². The van der Waals surface area contributed by atoms with E-state index in [2.05, 4.69) is 10.3 Å². The van der Waals surface area contributed by atoms with Gasteiger partial charge in [-0.2, -0.15) is 0 Å². The van der Waals surface area contributed by atoms with Gasteiger partial charge in [0.2, 0.25) is 5.91 Å². The molecule has 1 aromatic carbocycles. The molecule has 0 spiro atoms. The highest BCUT2D eigenvalue weighted by Gasteiger charge is 2.31. The molecule has 0 radical (unpaired) electrons. The lowest BCUT2D eigenvalue weighted by Crippen LogP contribution is -2.48. The van der Waals surface area contributed by atoms with Crippen molar-refractivity contribution in [1.29, 1.82) is 0 Å². The number of carbonyl (C=O) groups excluding carboxylic acids is 1. The standard InChI is InChI=1S/C20H25N5O4S/c1-29-11-5-10-24(20(30)23-17(26)14-8-9-14)15-16(21)25(19(28)22-18(15)27)12-13-6-3-2-4-7-13/h2-4,6-7,14H,5,8-12,21H2,1H3,(H,22,27,28)(H,23,26,30). The number of nitrogen functional groups attached to an aromatic ring is 1. The number of aromatic nitrogens is 2. The van der Waals surface area contributed by atoms with Gasteiger partial charge in [-0.1, -0.05) is 30.3 Å². The Hall–Kier alpha value is -2.98. The number of ether oxygens (including phenoxy) is 1. The SMILES string of the molecule is COCCCN(C(=S)NC(=O)C1CC1)c1c(N)n(Cc2ccccc2)c(=O)[nH]c1=O. The molecule has 3 rings (SSSR count). The fourth-order valence-corrected chi connectivity index (χ4v) is 3.35. The quantitative estimate of drug-likeness (QED) is 0.418. The van der Waals surface area contributed by atoms with E-state index < -0.39 is 11.2 Å². The second kappa shape index (κ2) is 9.68. The van der Waals surface area contributed by atoms with E-state index in [1.807, 2.05) is 30.3 Å². The van der Waals surface area contributed by atoms with Crippen molar-refractivity contribution in [2.75, 3.05) is 30.9 Å². The third-order valence-electron chi connectivity index (χ3n) is 4.82. The number of hydrogen-bond donors (Lipinski definition) is 3. The summed E-state index contributed by atoms with van der Waals surface area (Å²) in [6.45, 7) is 0.897. The molecular formula is C20H25N5O4S. The molecule has 9 nitrogen and oxygen atoms in total. The number of hydrogen-bond acceptors (Lipinski definition) is 6. The van der Waals surface area contributed by atoms with Crippen LogP contribution in [0.15, 0.2) is 39.9 Å². The number of anilines is 2. The van der Waals surface area contributed by atoms with E-state index in [0.29, 0.717) is 13.0 Å². The number of rotatable bonds is 8. The molecule has 0 unspecified atom stereocenters. The van der Waals surface area contributed by atoms with Crippen LogP contribution in [0.25, 0.3) is 0 Å². The fraction of sp³-hybridized carbons (Fsp3) is 0.400. The second-order valence-electron chi connectivity index (χ2n) is 7.13. The highest BCUT2D eigenvalue weighted by atomic mass is 32.1. The van der Waals surface area contributed by atoms with Crippen molar-refractivity contribution in [2.24, 2.45) is 5.92 Å². The van der Waals surface area contributed by atoms with Gasteiger partial charge in [0.05, 0.1) is 6.54 Å². The summed E-state index contributed by atoms with van der Waals surface area (Å²) in [4.78, 5) is 41.1. The number of thiocarbonyl (C=S) groups is 1. The Bertz CT molecular complexity index is 1030. The maximum atomic E-state index is 12.7. The van der Waals surface area contributed by atoms with E-state index in [1.54, 1.807) is 7.11 Å². The molecule has 2 aromatic rings. The molecule has 160 valence electrons. The zero-order chi connectivity index (χ0) is 21.7. The first kappa shape index (κ1) is 21.7. The van der Waals surface area contributed by atoms with E-state index in [1.165, 1.54) is 9.47 Å². The van der Waals surface area contributed by atoms with Gasteiger partial charge in [0.1, 0.15) is 5.82 Å². The van der Waals surface area contributed by atoms with Gasteiger partial charge in [0.15, 0.2) is 10.8 Å². The van der Waals surface area contributed by atoms with Crippen LogP contribution in [-0.4, -0.2) is 40.8 Å². The summed E-state index contributed by atoms with van der Waals surface area (Å²) in [5, 5.41) is 2.76. The average Bonchev–Trinajstić information content (AvgIpc) is 3.56. The molecule has 0 saturated heterocycles. The minimum Gasteiger partial charge on any atom is -0.385 e. The second-order valence-corrected chi connectivity index (χ2v) is 7.52. The molecule has 0 atom stereocenters. The molecule has 1 aromatic heterocycles. The Morgan fingerprint density at radius 3 is 2.67 bits per heavy atom. The van der Waals surface area contributed by atoms with Crippen molar-refractivity contribution in [3.63, 3.8) is 0 Å². The van der Waals surface area contributed by atoms with Crippen LogP contribution in [0, 0.1) is 5.92 Å². The highest BCUT2D eigenvalue weighted by molar-refractivity contribution is 7.80. The van der Waals surface area contributed by atoms with Crippen LogP contribution in [0.5, 0.6) is 0 Å². The Labute approximate surface area is 178 Å². The normalized spacial score (nSPS) is 13.1. The average molecular weight is 432 g/mol. The summed E-state index contributed by atoms with van der Waals surface area (Å²) in [6, 6.07) is 9.28. The lowest BCUT2D eigenvalue weighted by molar-refractivity contribution is -0.120. The number of amides is 1. The van der Waals surface area contributed by atoms with Crippen LogP contribution in [0.4, 0.5) is 11.5 Å². The molecule has 1 aliphatic carbocycles. The first-order valence-corrected chi connectivity index (χ1v) is 10.1. The molecule has 30 heavy (non-hydrogen) atoms. The van der Waals surface area contributed by atoms with Gasteiger partial charge in [-0.05, 0) is 37.0 Å². The number of benzene rings is 1. The van der Waals surface area contributed by atoms with Gasteiger partial charge in [0, 0.05) is 26.2 Å².